The van der Waals surface area contributed by atoms with Crippen molar-refractivity contribution >= 4 is 63.9 Å². The number of likely N-dealkylation sites (tertiary alicyclic amines) is 2. The number of halogens is 4. The van der Waals surface area contributed by atoms with Crippen molar-refractivity contribution in [3.05, 3.63) is 93.6 Å². The molecule has 4 fully saturated rings. The number of ether oxygens (including phenoxy) is 1. The highest BCUT2D eigenvalue weighted by Gasteiger charge is 2.62. The van der Waals surface area contributed by atoms with Crippen LogP contribution in [0, 0.1) is 18.2 Å². The smallest absolute Gasteiger partial charge is 0.328 e. The summed E-state index contributed by atoms with van der Waals surface area (Å²) >= 11 is 6.51. The van der Waals surface area contributed by atoms with Crippen LogP contribution in [0.2, 0.25) is 5.02 Å². The molecule has 5 aromatic rings. The largest absolute Gasteiger partial charge is 0.385 e. The van der Waals surface area contributed by atoms with Gasteiger partial charge in [0, 0.05) is 88.9 Å². The Morgan fingerprint density at radius 3 is 2.47 bits per heavy atom. The van der Waals surface area contributed by atoms with E-state index in [1.54, 1.807) is 27.3 Å². The molecule has 1 aliphatic carbocycles. The predicted molar refractivity (Wildman–Crippen MR) is 239 cm³/mol. The van der Waals surface area contributed by atoms with Gasteiger partial charge in [0.1, 0.15) is 5.82 Å². The highest BCUT2D eigenvalue weighted by atomic mass is 35.5. The van der Waals surface area contributed by atoms with Gasteiger partial charge in [-0.3, -0.25) is 34.5 Å². The number of alkyl halides is 2. The van der Waals surface area contributed by atoms with E-state index in [1.807, 2.05) is 28.0 Å². The highest BCUT2D eigenvalue weighted by molar-refractivity contribution is 6.35. The molecule has 3 saturated heterocycles. The molecule has 7 heterocycles. The number of piperidine rings is 1. The predicted octanol–water partition coefficient (Wildman–Crippen LogP) is 5.97. The van der Waals surface area contributed by atoms with Crippen LogP contribution in [0.3, 0.4) is 0 Å². The monoisotopic (exact) mass is 925 g/mol. The number of pyridine rings is 1. The van der Waals surface area contributed by atoms with E-state index in [4.69, 9.17) is 26.4 Å². The van der Waals surface area contributed by atoms with Crippen molar-refractivity contribution in [1.82, 2.24) is 40.0 Å². The van der Waals surface area contributed by atoms with E-state index in [0.717, 1.165) is 28.9 Å². The van der Waals surface area contributed by atoms with Crippen LogP contribution in [0.25, 0.3) is 16.9 Å². The molecule has 10 rings (SSSR count). The Bertz CT molecular complexity index is 2820. The SMILES string of the molecule is CNc1cc(N2CCc3c(-c4ccc(CN5CC6(CCN(C(=O)c7cc(C)c(Cl)c(N8CCC(=O)NC8=O)c7)CC6(F)F)C5)cn4)cc(F)cc32)nn2c(C(=O)N[C@@H]3CC[C@H]3OC)cnc12. The summed E-state index contributed by atoms with van der Waals surface area (Å²) in [6, 6.07) is 10.6. The summed E-state index contributed by atoms with van der Waals surface area (Å²) in [4.78, 5) is 66.8. The summed E-state index contributed by atoms with van der Waals surface area (Å²) in [7, 11) is 3.38. The highest BCUT2D eigenvalue weighted by Crippen LogP contribution is 2.51. The molecule has 16 nitrogen and oxygen atoms in total. The van der Waals surface area contributed by atoms with Crippen LogP contribution < -0.4 is 25.8 Å². The van der Waals surface area contributed by atoms with Gasteiger partial charge in [-0.15, -0.1) is 5.10 Å². The first-order valence-electron chi connectivity index (χ1n) is 21.9. The fourth-order valence-corrected chi connectivity index (χ4v) is 10.2. The number of nitrogens with zero attached hydrogens (tertiary/aromatic N) is 8. The van der Waals surface area contributed by atoms with Crippen LogP contribution in [-0.4, -0.2) is 125 Å². The minimum absolute atomic E-state index is 0.0424. The molecule has 344 valence electrons. The number of carbonyl (C=O) groups is 4. The first-order chi connectivity index (χ1) is 31.7. The van der Waals surface area contributed by atoms with Crippen molar-refractivity contribution in [2.75, 3.05) is 68.5 Å². The molecule has 5 aliphatic rings. The van der Waals surface area contributed by atoms with Gasteiger partial charge >= 0.3 is 6.03 Å². The normalized spacial score (nSPS) is 21.1. The van der Waals surface area contributed by atoms with Gasteiger partial charge in [-0.25, -0.2) is 27.5 Å². The van der Waals surface area contributed by atoms with Gasteiger partial charge < -0.3 is 25.2 Å². The second-order valence-corrected chi connectivity index (χ2v) is 18.2. The lowest BCUT2D eigenvalue weighted by Crippen LogP contribution is -2.70. The Balaban J connectivity index is 0.803. The maximum atomic E-state index is 16.1. The summed E-state index contributed by atoms with van der Waals surface area (Å²) in [6.45, 7) is 2.27. The maximum absolute atomic E-state index is 16.1. The van der Waals surface area contributed by atoms with Crippen LogP contribution in [0.15, 0.2) is 54.9 Å². The van der Waals surface area contributed by atoms with Crippen LogP contribution in [-0.2, 0) is 22.5 Å². The first-order valence-corrected chi connectivity index (χ1v) is 22.3. The van der Waals surface area contributed by atoms with E-state index in [1.165, 1.54) is 39.9 Å². The van der Waals surface area contributed by atoms with Gasteiger partial charge in [0.05, 0.1) is 52.4 Å². The molecule has 2 atom stereocenters. The lowest BCUT2D eigenvalue weighted by molar-refractivity contribution is -0.220. The number of benzene rings is 2. The van der Waals surface area contributed by atoms with Crippen LogP contribution in [0.5, 0.6) is 0 Å². The van der Waals surface area contributed by atoms with Gasteiger partial charge in [0.15, 0.2) is 17.2 Å². The third-order valence-corrected chi connectivity index (χ3v) is 14.3. The summed E-state index contributed by atoms with van der Waals surface area (Å²) < 4.78 is 54.6. The quantitative estimate of drug-likeness (QED) is 0.151. The van der Waals surface area contributed by atoms with Crippen LogP contribution >= 0.6 is 11.6 Å². The van der Waals surface area contributed by atoms with Crippen molar-refractivity contribution in [1.29, 1.82) is 0 Å². The number of amides is 5. The zero-order valence-electron chi connectivity index (χ0n) is 36.5. The molecule has 0 unspecified atom stereocenters. The molecule has 4 aliphatic heterocycles. The first kappa shape index (κ1) is 43.6. The molecule has 0 radical (unpaired) electrons. The Morgan fingerprint density at radius 1 is 0.970 bits per heavy atom. The van der Waals surface area contributed by atoms with Crippen LogP contribution in [0.4, 0.5) is 40.8 Å². The zero-order chi connectivity index (χ0) is 46.2. The van der Waals surface area contributed by atoms with Gasteiger partial charge in [0.25, 0.3) is 17.7 Å². The number of imidazole rings is 1. The molecular formula is C46H47ClF3N11O5. The van der Waals surface area contributed by atoms with Crippen molar-refractivity contribution in [2.24, 2.45) is 5.41 Å². The molecule has 66 heavy (non-hydrogen) atoms. The fourth-order valence-electron chi connectivity index (χ4n) is 10.0. The van der Waals surface area contributed by atoms with E-state index < -0.39 is 41.5 Å². The van der Waals surface area contributed by atoms with E-state index in [9.17, 15) is 19.2 Å². The summed E-state index contributed by atoms with van der Waals surface area (Å²) in [5.74, 6) is -4.45. The van der Waals surface area contributed by atoms with Gasteiger partial charge in [-0.2, -0.15) is 0 Å². The number of anilines is 4. The number of rotatable bonds is 10. The Labute approximate surface area is 382 Å². The second-order valence-electron chi connectivity index (χ2n) is 17.9. The zero-order valence-corrected chi connectivity index (χ0v) is 37.2. The molecule has 3 aromatic heterocycles. The van der Waals surface area contributed by atoms with Crippen molar-refractivity contribution in [3.8, 4) is 11.3 Å². The number of urea groups is 1. The lowest BCUT2D eigenvalue weighted by Gasteiger charge is -2.57. The average Bonchev–Trinajstić information content (AvgIpc) is 3.90. The topological polar surface area (TPSA) is 170 Å². The van der Waals surface area contributed by atoms with Gasteiger partial charge in [0.2, 0.25) is 5.91 Å². The third kappa shape index (κ3) is 7.46. The summed E-state index contributed by atoms with van der Waals surface area (Å²) in [5, 5.41) is 13.5. The molecule has 0 bridgehead atoms. The molecule has 3 N–H and O–H groups in total. The number of carbonyl (C=O) groups excluding carboxylic acids is 4. The van der Waals surface area contributed by atoms with E-state index in [-0.39, 0.29) is 79.0 Å². The van der Waals surface area contributed by atoms with Crippen molar-refractivity contribution in [2.45, 2.75) is 63.6 Å². The molecule has 2 aromatic carbocycles. The molecule has 5 amide bonds. The number of aromatic nitrogens is 4. The average molecular weight is 926 g/mol. The van der Waals surface area contributed by atoms with E-state index in [2.05, 4.69) is 20.9 Å². The second kappa shape index (κ2) is 16.5. The van der Waals surface area contributed by atoms with Crippen molar-refractivity contribution < 1.29 is 37.1 Å². The van der Waals surface area contributed by atoms with Crippen LogP contribution in [0.1, 0.15) is 63.2 Å². The van der Waals surface area contributed by atoms with Gasteiger partial charge in [-0.1, -0.05) is 17.7 Å². The van der Waals surface area contributed by atoms with Crippen molar-refractivity contribution in [3.63, 3.8) is 0 Å². The summed E-state index contributed by atoms with van der Waals surface area (Å²) in [6.07, 6.45) is 5.56. The number of imide groups is 1. The number of hydrogen-bond donors (Lipinski definition) is 3. The Kier molecular flexibility index (Phi) is 10.9. The Morgan fingerprint density at radius 2 is 1.77 bits per heavy atom. The van der Waals surface area contributed by atoms with E-state index >= 15 is 13.2 Å². The molecular weight excluding hydrogens is 879 g/mol. The molecule has 1 saturated carbocycles. The number of nitrogens with one attached hydrogen (secondary N) is 3. The van der Waals surface area contributed by atoms with E-state index in [0.29, 0.717) is 59.2 Å². The molecule has 1 spiro atoms. The van der Waals surface area contributed by atoms with Gasteiger partial charge in [-0.05, 0) is 79.6 Å². The lowest BCUT2D eigenvalue weighted by atomic mass is 9.69. The summed E-state index contributed by atoms with van der Waals surface area (Å²) in [5.41, 5.74) is 4.47. The number of hydrogen-bond acceptors (Lipinski definition) is 11. The minimum Gasteiger partial charge on any atom is -0.385 e. The number of fused-ring (bicyclic) bond motifs is 2. The Hall–Kier alpha value is -6.31. The maximum Gasteiger partial charge on any atom is 0.328 e. The number of aryl methyl sites for hydroxylation is 1. The fraction of sp³-hybridized carbons (Fsp3) is 0.413. The minimum atomic E-state index is -3.17. The standard InChI is InChI=1S/C46H47ClF3N11O5/c1-25-14-27(15-35(40(25)47)60-12-9-39(62)55-44(60)65)43(64)58-13-10-45(46(49,50)24-58)22-57(23-45)21-26-4-5-31(52-19-26)30-16-28(48)17-34-29(30)8-11-59(34)38-18-33(51-2)41-53-20-36(61(41)56-38)42(63)54-32-6-7-37(32)66-3/h4-5,14-20,32,37,51H,6-13,21-24H2,1-3H3,(H,54,63)(H,55,62,65)/t32-,37-/m1/s1. The molecule has 20 heteroatoms. The number of methoxy groups -OCH3 is 1. The third-order valence-electron chi connectivity index (χ3n) is 13.8.